The fraction of sp³-hybridized carbons (Fsp3) is 0.611. The second-order valence-corrected chi connectivity index (χ2v) is 6.19. The van der Waals surface area contributed by atoms with Gasteiger partial charge < -0.3 is 11.1 Å². The van der Waals surface area contributed by atoms with Crippen molar-refractivity contribution in [3.8, 4) is 0 Å². The maximum Gasteiger partial charge on any atom is 0.223 e. The summed E-state index contributed by atoms with van der Waals surface area (Å²) in [4.78, 5) is 12.3. The fourth-order valence-electron chi connectivity index (χ4n) is 2.41. The van der Waals surface area contributed by atoms with Gasteiger partial charge in [-0.25, -0.2) is 0 Å². The summed E-state index contributed by atoms with van der Waals surface area (Å²) in [6, 6.07) is 8.71. The van der Waals surface area contributed by atoms with Gasteiger partial charge in [-0.2, -0.15) is 0 Å². The molecule has 1 rings (SSSR count). The first kappa shape index (κ1) is 17.7. The minimum absolute atomic E-state index is 0.0447. The van der Waals surface area contributed by atoms with Crippen LogP contribution in [0.25, 0.3) is 0 Å². The summed E-state index contributed by atoms with van der Waals surface area (Å²) in [5, 5.41) is 3.17. The quantitative estimate of drug-likeness (QED) is 0.766. The van der Waals surface area contributed by atoms with Crippen LogP contribution in [0.4, 0.5) is 0 Å². The molecule has 21 heavy (non-hydrogen) atoms. The molecule has 0 fully saturated rings. The van der Waals surface area contributed by atoms with Crippen molar-refractivity contribution >= 4 is 5.91 Å². The third-order valence-corrected chi connectivity index (χ3v) is 3.95. The number of nitrogens with two attached hydrogens (primary N) is 1. The SMILES string of the molecule is CCC(NC(=O)C(C)CCCC(C)N)c1ccc(C)cc1. The summed E-state index contributed by atoms with van der Waals surface area (Å²) in [6.45, 7) is 8.18. The lowest BCUT2D eigenvalue weighted by Gasteiger charge is -2.20. The van der Waals surface area contributed by atoms with E-state index in [4.69, 9.17) is 5.73 Å². The Labute approximate surface area is 129 Å². The van der Waals surface area contributed by atoms with Crippen LogP contribution in [0, 0.1) is 12.8 Å². The van der Waals surface area contributed by atoms with E-state index < -0.39 is 0 Å². The summed E-state index contributed by atoms with van der Waals surface area (Å²) < 4.78 is 0. The number of aryl methyl sites for hydroxylation is 1. The van der Waals surface area contributed by atoms with Crippen molar-refractivity contribution in [2.24, 2.45) is 11.7 Å². The first-order chi connectivity index (χ1) is 9.93. The van der Waals surface area contributed by atoms with Crippen LogP contribution in [-0.4, -0.2) is 11.9 Å². The third kappa shape index (κ3) is 6.30. The molecule has 1 aromatic rings. The lowest BCUT2D eigenvalue weighted by molar-refractivity contribution is -0.125. The molecule has 3 nitrogen and oxygen atoms in total. The Morgan fingerprint density at radius 3 is 2.33 bits per heavy atom. The molecule has 0 aromatic heterocycles. The first-order valence-corrected chi connectivity index (χ1v) is 8.06. The largest absolute Gasteiger partial charge is 0.349 e. The van der Waals surface area contributed by atoms with Crippen LogP contribution < -0.4 is 11.1 Å². The van der Waals surface area contributed by atoms with E-state index >= 15 is 0 Å². The van der Waals surface area contributed by atoms with Gasteiger partial charge in [-0.05, 0) is 38.7 Å². The van der Waals surface area contributed by atoms with Gasteiger partial charge in [0, 0.05) is 12.0 Å². The molecular formula is C18H30N2O. The average Bonchev–Trinajstić information content (AvgIpc) is 2.45. The highest BCUT2D eigenvalue weighted by molar-refractivity contribution is 5.78. The maximum absolute atomic E-state index is 12.3. The Morgan fingerprint density at radius 1 is 1.19 bits per heavy atom. The molecule has 0 radical (unpaired) electrons. The van der Waals surface area contributed by atoms with Gasteiger partial charge in [-0.1, -0.05) is 50.1 Å². The van der Waals surface area contributed by atoms with Crippen LogP contribution in [0.1, 0.15) is 63.6 Å². The van der Waals surface area contributed by atoms with E-state index in [0.29, 0.717) is 0 Å². The van der Waals surface area contributed by atoms with Crippen LogP contribution >= 0.6 is 0 Å². The van der Waals surface area contributed by atoms with Crippen molar-refractivity contribution in [1.29, 1.82) is 0 Å². The molecule has 3 unspecified atom stereocenters. The van der Waals surface area contributed by atoms with E-state index in [-0.39, 0.29) is 23.9 Å². The number of carbonyl (C=O) groups excluding carboxylic acids is 1. The molecule has 0 heterocycles. The molecule has 3 heteroatoms. The zero-order valence-corrected chi connectivity index (χ0v) is 13.9. The summed E-state index contributed by atoms with van der Waals surface area (Å²) in [6.07, 6.45) is 3.79. The minimum Gasteiger partial charge on any atom is -0.349 e. The fourth-order valence-corrected chi connectivity index (χ4v) is 2.41. The predicted molar refractivity (Wildman–Crippen MR) is 89.0 cm³/mol. The van der Waals surface area contributed by atoms with Crippen LogP contribution in [0.2, 0.25) is 0 Å². The Bertz CT molecular complexity index is 425. The summed E-state index contributed by atoms with van der Waals surface area (Å²) in [5.41, 5.74) is 8.16. The Morgan fingerprint density at radius 2 is 1.81 bits per heavy atom. The number of amides is 1. The summed E-state index contributed by atoms with van der Waals surface area (Å²) >= 11 is 0. The number of nitrogens with one attached hydrogen (secondary N) is 1. The number of carbonyl (C=O) groups is 1. The van der Waals surface area contributed by atoms with Gasteiger partial charge in [0.15, 0.2) is 0 Å². The van der Waals surface area contributed by atoms with Crippen molar-refractivity contribution in [2.45, 2.75) is 65.5 Å². The van der Waals surface area contributed by atoms with Gasteiger partial charge in [0.05, 0.1) is 6.04 Å². The van der Waals surface area contributed by atoms with Gasteiger partial charge >= 0.3 is 0 Å². The van der Waals surface area contributed by atoms with Crippen LogP contribution in [0.15, 0.2) is 24.3 Å². The Hall–Kier alpha value is -1.35. The van der Waals surface area contributed by atoms with E-state index in [1.54, 1.807) is 0 Å². The molecule has 3 atom stereocenters. The monoisotopic (exact) mass is 290 g/mol. The zero-order chi connectivity index (χ0) is 15.8. The van der Waals surface area contributed by atoms with Crippen LogP contribution in [0.5, 0.6) is 0 Å². The summed E-state index contributed by atoms with van der Waals surface area (Å²) in [5.74, 6) is 0.190. The lowest BCUT2D eigenvalue weighted by Crippen LogP contribution is -2.32. The molecular weight excluding hydrogens is 260 g/mol. The second-order valence-electron chi connectivity index (χ2n) is 6.19. The second kappa shape index (κ2) is 8.83. The van der Waals surface area contributed by atoms with E-state index in [9.17, 15) is 4.79 Å². The van der Waals surface area contributed by atoms with Crippen LogP contribution in [0.3, 0.4) is 0 Å². The Kier molecular flexibility index (Phi) is 7.44. The normalized spacial score (nSPS) is 15.3. The smallest absolute Gasteiger partial charge is 0.223 e. The maximum atomic E-state index is 12.3. The van der Waals surface area contributed by atoms with E-state index in [1.165, 1.54) is 11.1 Å². The van der Waals surface area contributed by atoms with E-state index in [0.717, 1.165) is 25.7 Å². The highest BCUT2D eigenvalue weighted by Crippen LogP contribution is 2.19. The minimum atomic E-state index is 0.0447. The topological polar surface area (TPSA) is 55.1 Å². The van der Waals surface area contributed by atoms with Crippen molar-refractivity contribution in [3.05, 3.63) is 35.4 Å². The molecule has 3 N–H and O–H groups in total. The highest BCUT2D eigenvalue weighted by atomic mass is 16.1. The molecule has 0 saturated carbocycles. The van der Waals surface area contributed by atoms with Crippen molar-refractivity contribution in [1.82, 2.24) is 5.32 Å². The Balaban J connectivity index is 2.52. The van der Waals surface area contributed by atoms with Gasteiger partial charge in [0.25, 0.3) is 0 Å². The van der Waals surface area contributed by atoms with E-state index in [2.05, 4.69) is 43.4 Å². The zero-order valence-electron chi connectivity index (χ0n) is 13.9. The van der Waals surface area contributed by atoms with Gasteiger partial charge in [0.2, 0.25) is 5.91 Å². The third-order valence-electron chi connectivity index (χ3n) is 3.95. The molecule has 1 aromatic carbocycles. The molecule has 0 bridgehead atoms. The van der Waals surface area contributed by atoms with Crippen molar-refractivity contribution < 1.29 is 4.79 Å². The predicted octanol–water partition coefficient (Wildman–Crippen LogP) is 3.72. The van der Waals surface area contributed by atoms with Gasteiger partial charge in [-0.3, -0.25) is 4.79 Å². The highest BCUT2D eigenvalue weighted by Gasteiger charge is 2.17. The molecule has 0 aliphatic heterocycles. The van der Waals surface area contributed by atoms with Crippen LogP contribution in [-0.2, 0) is 4.79 Å². The molecule has 0 aliphatic carbocycles. The number of benzene rings is 1. The molecule has 118 valence electrons. The molecule has 0 saturated heterocycles. The number of rotatable bonds is 8. The average molecular weight is 290 g/mol. The lowest BCUT2D eigenvalue weighted by atomic mass is 9.99. The number of hydrogen-bond acceptors (Lipinski definition) is 2. The van der Waals surface area contributed by atoms with Gasteiger partial charge in [-0.15, -0.1) is 0 Å². The molecule has 0 spiro atoms. The number of hydrogen-bond donors (Lipinski definition) is 2. The van der Waals surface area contributed by atoms with Crippen molar-refractivity contribution in [3.63, 3.8) is 0 Å². The van der Waals surface area contributed by atoms with E-state index in [1.807, 2.05) is 13.8 Å². The standard InChI is InChI=1S/C18H30N2O/c1-5-17(16-11-9-13(2)10-12-16)20-18(21)14(3)7-6-8-15(4)19/h9-12,14-15,17H,5-8,19H2,1-4H3,(H,20,21). The first-order valence-electron chi connectivity index (χ1n) is 8.06. The van der Waals surface area contributed by atoms with Crippen molar-refractivity contribution in [2.75, 3.05) is 0 Å². The van der Waals surface area contributed by atoms with Gasteiger partial charge in [0.1, 0.15) is 0 Å². The summed E-state index contributed by atoms with van der Waals surface area (Å²) in [7, 11) is 0. The molecule has 1 amide bonds. The molecule has 0 aliphatic rings.